The Labute approximate surface area is 139 Å². The number of hydrogen-bond donors (Lipinski definition) is 2. The molecule has 120 valence electrons. The molecule has 3 N–H and O–H groups in total. The number of halogens is 1. The zero-order valence-corrected chi connectivity index (χ0v) is 14.0. The molecular weight excluding hydrogens is 324 g/mol. The number of nitrogens with two attached hydrogens (primary N) is 1. The van der Waals surface area contributed by atoms with E-state index in [4.69, 9.17) is 10.3 Å². The average molecular weight is 343 g/mol. The summed E-state index contributed by atoms with van der Waals surface area (Å²) in [4.78, 5) is 16.2. The van der Waals surface area contributed by atoms with Crippen molar-refractivity contribution in [2.45, 2.75) is 24.3 Å². The first-order chi connectivity index (χ1) is 10.1. The highest BCUT2D eigenvalue weighted by Crippen LogP contribution is 2.30. The zero-order chi connectivity index (χ0) is 15.2. The van der Waals surface area contributed by atoms with Gasteiger partial charge in [0, 0.05) is 17.4 Å². The van der Waals surface area contributed by atoms with Crippen LogP contribution in [0.25, 0.3) is 11.5 Å². The summed E-state index contributed by atoms with van der Waals surface area (Å²) < 4.78 is 5.33. The molecule has 0 radical (unpaired) electrons. The van der Waals surface area contributed by atoms with Crippen LogP contribution >= 0.6 is 24.2 Å². The van der Waals surface area contributed by atoms with Crippen LogP contribution in [0.4, 0.5) is 0 Å². The minimum absolute atomic E-state index is 0. The Bertz CT molecular complexity index is 620. The largest absolute Gasteiger partial charge is 0.369 e. The number of carbonyl (C=O) groups excluding carboxylic acids is 1. The van der Waals surface area contributed by atoms with E-state index in [2.05, 4.69) is 15.5 Å². The molecule has 0 aliphatic heterocycles. The number of aromatic nitrogens is 2. The Kier molecular flexibility index (Phi) is 7.37. The molecule has 6 nitrogen and oxygen atoms in total. The van der Waals surface area contributed by atoms with Gasteiger partial charge in [-0.15, -0.1) is 24.2 Å². The predicted octanol–water partition coefficient (Wildman–Crippen LogP) is 1.89. The molecule has 1 unspecified atom stereocenters. The summed E-state index contributed by atoms with van der Waals surface area (Å²) in [7, 11) is 1.89. The minimum atomic E-state index is -0.358. The van der Waals surface area contributed by atoms with E-state index < -0.39 is 0 Å². The van der Waals surface area contributed by atoms with Gasteiger partial charge in [0.1, 0.15) is 0 Å². The maximum atomic E-state index is 10.9. The number of nitrogens with zero attached hydrogens (tertiary/aromatic N) is 2. The van der Waals surface area contributed by atoms with Gasteiger partial charge in [0.25, 0.3) is 5.89 Å². The molecule has 0 saturated carbocycles. The summed E-state index contributed by atoms with van der Waals surface area (Å²) in [6.07, 6.45) is 0.691. The van der Waals surface area contributed by atoms with Crippen LogP contribution in [0.2, 0.25) is 0 Å². The molecular formula is C14H19ClN4O2S. The van der Waals surface area contributed by atoms with Crippen molar-refractivity contribution in [2.24, 2.45) is 5.73 Å². The molecule has 0 aliphatic rings. The number of primary amides is 1. The molecule has 0 fully saturated rings. The van der Waals surface area contributed by atoms with Gasteiger partial charge in [0.2, 0.25) is 5.91 Å². The Morgan fingerprint density at radius 3 is 2.86 bits per heavy atom. The number of hydrogen-bond acceptors (Lipinski definition) is 6. The van der Waals surface area contributed by atoms with Crippen molar-refractivity contribution in [1.82, 2.24) is 15.5 Å². The minimum Gasteiger partial charge on any atom is -0.369 e. The monoisotopic (exact) mass is 342 g/mol. The second-order valence-electron chi connectivity index (χ2n) is 4.66. The van der Waals surface area contributed by atoms with Crippen LogP contribution in [0, 0.1) is 0 Å². The first-order valence-electron chi connectivity index (χ1n) is 6.60. The summed E-state index contributed by atoms with van der Waals surface area (Å²) in [5, 5.41) is 7.12. The molecule has 0 bridgehead atoms. The third-order valence-electron chi connectivity index (χ3n) is 2.94. The van der Waals surface area contributed by atoms with Crippen LogP contribution < -0.4 is 11.1 Å². The highest BCUT2D eigenvalue weighted by Gasteiger charge is 2.14. The van der Waals surface area contributed by atoms with Gasteiger partial charge in [-0.25, -0.2) is 0 Å². The van der Waals surface area contributed by atoms with E-state index in [9.17, 15) is 4.79 Å². The quantitative estimate of drug-likeness (QED) is 0.746. The molecule has 1 heterocycles. The Balaban J connectivity index is 0.00000242. The third kappa shape index (κ3) is 5.01. The van der Waals surface area contributed by atoms with Gasteiger partial charge in [-0.2, -0.15) is 4.98 Å². The lowest BCUT2D eigenvalue weighted by Crippen LogP contribution is -2.24. The summed E-state index contributed by atoms with van der Waals surface area (Å²) in [5.41, 5.74) is 6.00. The molecule has 1 aromatic heterocycles. The van der Waals surface area contributed by atoms with Crippen molar-refractivity contribution in [3.63, 3.8) is 0 Å². The van der Waals surface area contributed by atoms with Gasteiger partial charge in [-0.05, 0) is 26.1 Å². The summed E-state index contributed by atoms with van der Waals surface area (Å²) in [6.45, 7) is 2.05. The first-order valence-corrected chi connectivity index (χ1v) is 7.59. The summed E-state index contributed by atoms with van der Waals surface area (Å²) in [5.74, 6) is 0.973. The Morgan fingerprint density at radius 2 is 2.18 bits per heavy atom. The molecule has 0 aliphatic carbocycles. The van der Waals surface area contributed by atoms with E-state index >= 15 is 0 Å². The zero-order valence-electron chi connectivity index (χ0n) is 12.4. The number of carbonyl (C=O) groups is 1. The van der Waals surface area contributed by atoms with Gasteiger partial charge in [-0.1, -0.05) is 17.3 Å². The molecule has 1 atom stereocenters. The van der Waals surface area contributed by atoms with E-state index in [1.165, 1.54) is 11.8 Å². The average Bonchev–Trinajstić information content (AvgIpc) is 2.93. The molecule has 1 amide bonds. The second-order valence-corrected chi connectivity index (χ2v) is 5.68. The highest BCUT2D eigenvalue weighted by atomic mass is 35.5. The fraction of sp³-hybridized carbons (Fsp3) is 0.357. The van der Waals surface area contributed by atoms with Crippen LogP contribution in [0.15, 0.2) is 33.7 Å². The molecule has 8 heteroatoms. The van der Waals surface area contributed by atoms with Crippen molar-refractivity contribution < 1.29 is 9.32 Å². The molecule has 0 saturated heterocycles. The molecule has 22 heavy (non-hydrogen) atoms. The van der Waals surface area contributed by atoms with Crippen LogP contribution in [0.1, 0.15) is 12.7 Å². The van der Waals surface area contributed by atoms with Gasteiger partial charge in [0.05, 0.1) is 11.3 Å². The smallest absolute Gasteiger partial charge is 0.259 e. The second kappa shape index (κ2) is 8.77. The predicted molar refractivity (Wildman–Crippen MR) is 89.1 cm³/mol. The topological polar surface area (TPSA) is 94.0 Å². The maximum Gasteiger partial charge on any atom is 0.259 e. The van der Waals surface area contributed by atoms with E-state index in [-0.39, 0.29) is 30.1 Å². The van der Waals surface area contributed by atoms with Crippen LogP contribution in [-0.4, -0.2) is 34.9 Å². The number of benzene rings is 1. The van der Waals surface area contributed by atoms with Crippen LogP contribution in [0.3, 0.4) is 0 Å². The number of amides is 1. The lowest BCUT2D eigenvalue weighted by atomic mass is 10.2. The molecule has 0 spiro atoms. The molecule has 2 rings (SSSR count). The third-order valence-corrected chi connectivity index (χ3v) is 4.03. The van der Waals surface area contributed by atoms with Crippen molar-refractivity contribution in [2.75, 3.05) is 12.8 Å². The Morgan fingerprint density at radius 1 is 1.45 bits per heavy atom. The van der Waals surface area contributed by atoms with Crippen LogP contribution in [0.5, 0.6) is 0 Å². The van der Waals surface area contributed by atoms with E-state index in [1.54, 1.807) is 0 Å². The fourth-order valence-corrected chi connectivity index (χ4v) is 2.52. The normalized spacial score (nSPS) is 11.7. The van der Waals surface area contributed by atoms with Crippen molar-refractivity contribution >= 4 is 30.1 Å². The summed E-state index contributed by atoms with van der Waals surface area (Å²) in [6, 6.07) is 7.86. The van der Waals surface area contributed by atoms with Gasteiger partial charge >= 0.3 is 0 Å². The number of rotatable bonds is 7. The van der Waals surface area contributed by atoms with Gasteiger partial charge in [-0.3, -0.25) is 4.79 Å². The molecule has 2 aromatic rings. The number of nitrogens with one attached hydrogen (secondary N) is 1. The van der Waals surface area contributed by atoms with E-state index in [1.807, 2.05) is 38.2 Å². The lowest BCUT2D eigenvalue weighted by molar-refractivity contribution is -0.115. The summed E-state index contributed by atoms with van der Waals surface area (Å²) >= 11 is 1.36. The van der Waals surface area contributed by atoms with Crippen molar-refractivity contribution in [3.8, 4) is 11.5 Å². The van der Waals surface area contributed by atoms with Crippen molar-refractivity contribution in [3.05, 3.63) is 30.1 Å². The fourth-order valence-electron chi connectivity index (χ4n) is 1.74. The van der Waals surface area contributed by atoms with E-state index in [0.29, 0.717) is 18.1 Å². The maximum absolute atomic E-state index is 10.9. The SMILES string of the molecule is CNC(C)Cc1noc(-c2ccccc2SCC(N)=O)n1.Cl. The number of thioether (sulfide) groups is 1. The van der Waals surface area contributed by atoms with Gasteiger partial charge < -0.3 is 15.6 Å². The van der Waals surface area contributed by atoms with Crippen LogP contribution in [-0.2, 0) is 11.2 Å². The Hall–Kier alpha value is -1.57. The van der Waals surface area contributed by atoms with Crippen molar-refractivity contribution in [1.29, 1.82) is 0 Å². The lowest BCUT2D eigenvalue weighted by Gasteiger charge is -2.05. The first kappa shape index (κ1) is 18.5. The van der Waals surface area contributed by atoms with E-state index in [0.717, 1.165) is 10.5 Å². The number of likely N-dealkylation sites (N-methyl/N-ethyl adjacent to an activating group) is 1. The molecule has 1 aromatic carbocycles. The standard InChI is InChI=1S/C14H18N4O2S.ClH/c1-9(16-2)7-13-17-14(20-18-13)10-5-3-4-6-11(10)21-8-12(15)19;/h3-6,9,16H,7-8H2,1-2H3,(H2,15,19);1H. The highest BCUT2D eigenvalue weighted by molar-refractivity contribution is 8.00. The van der Waals surface area contributed by atoms with Gasteiger partial charge in [0.15, 0.2) is 5.82 Å².